The van der Waals surface area contributed by atoms with Crippen molar-refractivity contribution >= 4 is 11.5 Å². The maximum Gasteiger partial charge on any atom is 0.337 e. The van der Waals surface area contributed by atoms with Gasteiger partial charge in [0, 0.05) is 6.42 Å². The minimum Gasteiger partial charge on any atom is -0.467 e. The molecule has 0 radical (unpaired) electrons. The minimum atomic E-state index is -1.53. The summed E-state index contributed by atoms with van der Waals surface area (Å²) in [5, 5.41) is 9.88. The largest absolute Gasteiger partial charge is 0.467 e. The molecule has 0 unspecified atom stereocenters. The summed E-state index contributed by atoms with van der Waals surface area (Å²) >= 11 is 0. The highest BCUT2D eigenvalue weighted by molar-refractivity contribution is 5.82. The maximum absolute atomic E-state index is 11.3. The zero-order valence-electron chi connectivity index (χ0n) is 9.56. The first kappa shape index (κ1) is 12.5. The summed E-state index contributed by atoms with van der Waals surface area (Å²) < 4.78 is 4.52. The second-order valence-electron chi connectivity index (χ2n) is 3.91. The summed E-state index contributed by atoms with van der Waals surface area (Å²) in [4.78, 5) is 11.3. The molecule has 0 fully saturated rings. The second kappa shape index (κ2) is 4.94. The number of hydrogen-bond donors (Lipinski definition) is 1. The predicted octanol–water partition coefficient (Wildman–Crippen LogP) is 2.01. The molecule has 0 heterocycles. The van der Waals surface area contributed by atoms with E-state index in [-0.39, 0.29) is 6.42 Å². The highest BCUT2D eigenvalue weighted by Crippen LogP contribution is 2.24. The number of methoxy groups -OCH3 is 1. The maximum atomic E-state index is 11.3. The van der Waals surface area contributed by atoms with Crippen molar-refractivity contribution in [3.63, 3.8) is 0 Å². The van der Waals surface area contributed by atoms with E-state index in [1.165, 1.54) is 14.0 Å². The fraction of sp³-hybridized carbons (Fsp3) is 0.308. The summed E-state index contributed by atoms with van der Waals surface area (Å²) in [5.74, 6) is -0.649. The van der Waals surface area contributed by atoms with Crippen molar-refractivity contribution in [1.82, 2.24) is 0 Å². The number of aliphatic hydroxyl groups is 1. The van der Waals surface area contributed by atoms with Crippen LogP contribution in [0.2, 0.25) is 0 Å². The molecule has 16 heavy (non-hydrogen) atoms. The van der Waals surface area contributed by atoms with Crippen molar-refractivity contribution in [1.29, 1.82) is 0 Å². The third-order valence-corrected chi connectivity index (χ3v) is 2.36. The normalized spacial score (nSPS) is 13.9. The third-order valence-electron chi connectivity index (χ3n) is 2.36. The second-order valence-corrected chi connectivity index (χ2v) is 3.91. The number of benzene rings is 1. The molecule has 1 rings (SSSR count). The zero-order valence-corrected chi connectivity index (χ0v) is 9.56. The van der Waals surface area contributed by atoms with E-state index in [1.807, 2.05) is 30.3 Å². The van der Waals surface area contributed by atoms with E-state index in [9.17, 15) is 9.90 Å². The highest BCUT2D eigenvalue weighted by Gasteiger charge is 2.32. The van der Waals surface area contributed by atoms with Gasteiger partial charge >= 0.3 is 5.97 Å². The average molecular weight is 220 g/mol. The topological polar surface area (TPSA) is 46.5 Å². The van der Waals surface area contributed by atoms with Gasteiger partial charge in [-0.25, -0.2) is 4.79 Å². The Morgan fingerprint density at radius 3 is 2.50 bits per heavy atom. The molecule has 1 aromatic carbocycles. The van der Waals surface area contributed by atoms with Gasteiger partial charge in [-0.1, -0.05) is 36.9 Å². The first-order valence-electron chi connectivity index (χ1n) is 5.01. The van der Waals surface area contributed by atoms with E-state index in [2.05, 4.69) is 11.3 Å². The quantitative estimate of drug-likeness (QED) is 0.789. The van der Waals surface area contributed by atoms with Crippen LogP contribution in [0.1, 0.15) is 18.9 Å². The van der Waals surface area contributed by atoms with Crippen LogP contribution in [0.4, 0.5) is 0 Å². The fourth-order valence-electron chi connectivity index (χ4n) is 1.48. The molecule has 0 bridgehead atoms. The van der Waals surface area contributed by atoms with Crippen LogP contribution in [0.5, 0.6) is 0 Å². The summed E-state index contributed by atoms with van der Waals surface area (Å²) in [6.45, 7) is 5.28. The number of ether oxygens (including phenoxy) is 1. The van der Waals surface area contributed by atoms with E-state index < -0.39 is 11.6 Å². The van der Waals surface area contributed by atoms with Gasteiger partial charge in [0.15, 0.2) is 5.60 Å². The molecule has 0 saturated carbocycles. The number of hydrogen-bond acceptors (Lipinski definition) is 3. The molecule has 1 aromatic rings. The number of esters is 1. The molecule has 0 spiro atoms. The number of carbonyl (C=O) groups excluding carboxylic acids is 1. The van der Waals surface area contributed by atoms with Gasteiger partial charge in [0.2, 0.25) is 0 Å². The van der Waals surface area contributed by atoms with Gasteiger partial charge in [-0.2, -0.15) is 0 Å². The van der Waals surface area contributed by atoms with Crippen molar-refractivity contribution < 1.29 is 14.6 Å². The molecular weight excluding hydrogens is 204 g/mol. The molecule has 1 atom stereocenters. The number of rotatable bonds is 4. The van der Waals surface area contributed by atoms with Crippen LogP contribution >= 0.6 is 0 Å². The molecule has 0 aromatic heterocycles. The minimum absolute atomic E-state index is 0.156. The van der Waals surface area contributed by atoms with E-state index in [0.717, 1.165) is 5.56 Å². The van der Waals surface area contributed by atoms with Crippen molar-refractivity contribution in [2.24, 2.45) is 0 Å². The van der Waals surface area contributed by atoms with E-state index in [4.69, 9.17) is 0 Å². The summed E-state index contributed by atoms with van der Waals surface area (Å²) in [6, 6.07) is 9.43. The van der Waals surface area contributed by atoms with E-state index in [1.54, 1.807) is 0 Å². The number of carbonyl (C=O) groups is 1. The zero-order chi connectivity index (χ0) is 12.2. The summed E-state index contributed by atoms with van der Waals surface area (Å²) in [6.07, 6.45) is 0.156. The van der Waals surface area contributed by atoms with Gasteiger partial charge in [-0.15, -0.1) is 0 Å². The van der Waals surface area contributed by atoms with Gasteiger partial charge in [-0.3, -0.25) is 0 Å². The van der Waals surface area contributed by atoms with E-state index >= 15 is 0 Å². The van der Waals surface area contributed by atoms with Crippen LogP contribution in [0.3, 0.4) is 0 Å². The average Bonchev–Trinajstić information content (AvgIpc) is 2.28. The monoisotopic (exact) mass is 220 g/mol. The molecule has 0 aliphatic heterocycles. The Kier molecular flexibility index (Phi) is 3.85. The standard InChI is InChI=1S/C13H16O3/c1-10(11-7-5-4-6-8-11)9-13(2,15)12(14)16-3/h4-8,15H,1,9H2,2-3H3/t13-/m0/s1. The molecular formula is C13H16O3. The Balaban J connectivity index is 2.76. The van der Waals surface area contributed by atoms with Gasteiger partial charge in [0.1, 0.15) is 0 Å². The lowest BCUT2D eigenvalue weighted by Gasteiger charge is -2.21. The molecule has 86 valence electrons. The van der Waals surface area contributed by atoms with Crippen LogP contribution in [0.15, 0.2) is 36.9 Å². The van der Waals surface area contributed by atoms with Gasteiger partial charge < -0.3 is 9.84 Å². The van der Waals surface area contributed by atoms with Crippen molar-refractivity contribution in [3.8, 4) is 0 Å². The van der Waals surface area contributed by atoms with Gasteiger partial charge in [0.05, 0.1) is 7.11 Å². The molecule has 0 saturated heterocycles. The SMILES string of the molecule is C=C(C[C@](C)(O)C(=O)OC)c1ccccc1. The predicted molar refractivity (Wildman–Crippen MR) is 62.7 cm³/mol. The lowest BCUT2D eigenvalue weighted by molar-refractivity contribution is -0.159. The first-order valence-corrected chi connectivity index (χ1v) is 5.01. The third kappa shape index (κ3) is 2.94. The lowest BCUT2D eigenvalue weighted by Crippen LogP contribution is -2.36. The Hall–Kier alpha value is -1.61. The van der Waals surface area contributed by atoms with Crippen LogP contribution in [0.25, 0.3) is 5.57 Å². The molecule has 1 N–H and O–H groups in total. The Morgan fingerprint density at radius 1 is 1.44 bits per heavy atom. The smallest absolute Gasteiger partial charge is 0.337 e. The van der Waals surface area contributed by atoms with Crippen molar-refractivity contribution in [3.05, 3.63) is 42.5 Å². The summed E-state index contributed by atoms with van der Waals surface area (Å²) in [7, 11) is 1.25. The van der Waals surface area contributed by atoms with Crippen molar-refractivity contribution in [2.75, 3.05) is 7.11 Å². The molecule has 0 aliphatic carbocycles. The Labute approximate surface area is 95.4 Å². The lowest BCUT2D eigenvalue weighted by atomic mass is 9.93. The van der Waals surface area contributed by atoms with Crippen LogP contribution in [0, 0.1) is 0 Å². The van der Waals surface area contributed by atoms with Crippen molar-refractivity contribution in [2.45, 2.75) is 18.9 Å². The Bertz CT molecular complexity index is 379. The fourth-order valence-corrected chi connectivity index (χ4v) is 1.48. The first-order chi connectivity index (χ1) is 7.47. The van der Waals surface area contributed by atoms with Crippen LogP contribution in [-0.4, -0.2) is 23.8 Å². The highest BCUT2D eigenvalue weighted by atomic mass is 16.5. The molecule has 0 amide bonds. The molecule has 3 nitrogen and oxygen atoms in total. The van der Waals surface area contributed by atoms with Gasteiger partial charge in [-0.05, 0) is 18.1 Å². The van der Waals surface area contributed by atoms with E-state index in [0.29, 0.717) is 5.57 Å². The molecule has 3 heteroatoms. The van der Waals surface area contributed by atoms with Gasteiger partial charge in [0.25, 0.3) is 0 Å². The molecule has 0 aliphatic rings. The Morgan fingerprint density at radius 2 is 2.00 bits per heavy atom. The summed E-state index contributed by atoms with van der Waals surface area (Å²) in [5.41, 5.74) is 0.0875. The van der Waals surface area contributed by atoms with Crippen LogP contribution in [-0.2, 0) is 9.53 Å². The van der Waals surface area contributed by atoms with Crippen LogP contribution < -0.4 is 0 Å².